The molecule has 9 heteroatoms. The van der Waals surface area contributed by atoms with Crippen molar-refractivity contribution < 1.29 is 14.3 Å². The summed E-state index contributed by atoms with van der Waals surface area (Å²) in [5, 5.41) is 3.32. The molecule has 0 radical (unpaired) electrons. The minimum absolute atomic E-state index is 0.0284. The van der Waals surface area contributed by atoms with Crippen LogP contribution in [0.2, 0.25) is 5.02 Å². The summed E-state index contributed by atoms with van der Waals surface area (Å²) in [6, 6.07) is 11.4. The van der Waals surface area contributed by atoms with E-state index in [4.69, 9.17) is 16.3 Å². The molecule has 1 unspecified atom stereocenters. The lowest BCUT2D eigenvalue weighted by Crippen LogP contribution is -2.45. The van der Waals surface area contributed by atoms with Crippen LogP contribution >= 0.6 is 35.1 Å². The Balaban J connectivity index is 1.25. The van der Waals surface area contributed by atoms with Crippen molar-refractivity contribution in [1.29, 1.82) is 0 Å². The number of amides is 2. The monoisotopic (exact) mass is 491 g/mol. The van der Waals surface area contributed by atoms with Gasteiger partial charge in [-0.05, 0) is 60.6 Å². The van der Waals surface area contributed by atoms with Gasteiger partial charge in [0, 0.05) is 19.3 Å². The largest absolute Gasteiger partial charge is 0.484 e. The van der Waals surface area contributed by atoms with Gasteiger partial charge in [0.05, 0.1) is 15.5 Å². The third-order valence-electron chi connectivity index (χ3n) is 5.47. The Labute approximate surface area is 201 Å². The lowest BCUT2D eigenvalue weighted by molar-refractivity contribution is -0.136. The van der Waals surface area contributed by atoms with Crippen molar-refractivity contribution in [2.24, 2.45) is 5.92 Å². The number of likely N-dealkylation sites (tertiary alicyclic amines) is 1. The number of aromatic nitrogens is 1. The highest BCUT2D eigenvalue weighted by Gasteiger charge is 2.29. The van der Waals surface area contributed by atoms with Gasteiger partial charge in [-0.1, -0.05) is 23.7 Å². The standard InChI is InChI=1S/C23H26ClN3O3S2/c24-18-6-9-20(25-13-18)26-22(29)17-3-1-10-27(14-17)21(28)15-30-19-7-4-16(5-8-19)23-31-11-2-12-32-23/h4-9,13,17,23H,1-3,10-12,14-15H2,(H,25,26,29). The van der Waals surface area contributed by atoms with Crippen LogP contribution in [-0.4, -0.2) is 52.9 Å². The summed E-state index contributed by atoms with van der Waals surface area (Å²) in [7, 11) is 0. The van der Waals surface area contributed by atoms with Crippen LogP contribution in [0, 0.1) is 5.92 Å². The Morgan fingerprint density at radius 1 is 1.12 bits per heavy atom. The van der Waals surface area contributed by atoms with Gasteiger partial charge in [0.1, 0.15) is 11.6 Å². The van der Waals surface area contributed by atoms with Crippen molar-refractivity contribution in [2.45, 2.75) is 23.8 Å². The van der Waals surface area contributed by atoms with Crippen LogP contribution in [-0.2, 0) is 9.59 Å². The zero-order chi connectivity index (χ0) is 22.3. The van der Waals surface area contributed by atoms with E-state index in [0.29, 0.717) is 34.3 Å². The van der Waals surface area contributed by atoms with Gasteiger partial charge >= 0.3 is 0 Å². The zero-order valence-electron chi connectivity index (χ0n) is 17.7. The first-order chi connectivity index (χ1) is 15.6. The number of ether oxygens (including phenoxy) is 1. The molecule has 1 aromatic carbocycles. The first-order valence-electron chi connectivity index (χ1n) is 10.7. The van der Waals surface area contributed by atoms with Crippen molar-refractivity contribution in [3.05, 3.63) is 53.2 Å². The normalized spacial score (nSPS) is 19.4. The van der Waals surface area contributed by atoms with Crippen molar-refractivity contribution in [2.75, 3.05) is 36.5 Å². The second kappa shape index (κ2) is 11.3. The van der Waals surface area contributed by atoms with Gasteiger partial charge in [-0.2, -0.15) is 0 Å². The molecule has 170 valence electrons. The van der Waals surface area contributed by atoms with Crippen molar-refractivity contribution >= 4 is 52.8 Å². The first kappa shape index (κ1) is 23.3. The molecule has 0 bridgehead atoms. The number of benzene rings is 1. The molecule has 2 aromatic rings. The van der Waals surface area contributed by atoms with Crippen LogP contribution in [0.1, 0.15) is 29.4 Å². The predicted octanol–water partition coefficient (Wildman–Crippen LogP) is 4.86. The van der Waals surface area contributed by atoms with Gasteiger partial charge in [-0.3, -0.25) is 9.59 Å². The molecule has 1 atom stereocenters. The number of carbonyl (C=O) groups excluding carboxylic acids is 2. The average Bonchev–Trinajstić information content (AvgIpc) is 2.85. The van der Waals surface area contributed by atoms with Crippen LogP contribution in [0.25, 0.3) is 0 Å². The van der Waals surface area contributed by atoms with E-state index in [1.165, 1.54) is 29.7 Å². The summed E-state index contributed by atoms with van der Waals surface area (Å²) < 4.78 is 6.22. The molecule has 6 nitrogen and oxygen atoms in total. The van der Waals surface area contributed by atoms with E-state index >= 15 is 0 Å². The fourth-order valence-electron chi connectivity index (χ4n) is 3.73. The van der Waals surface area contributed by atoms with Crippen LogP contribution in [0.3, 0.4) is 0 Å². The fourth-order valence-corrected chi connectivity index (χ4v) is 6.74. The van der Waals surface area contributed by atoms with E-state index in [2.05, 4.69) is 22.4 Å². The van der Waals surface area contributed by atoms with E-state index in [0.717, 1.165) is 12.8 Å². The van der Waals surface area contributed by atoms with Crippen LogP contribution in [0.15, 0.2) is 42.6 Å². The number of nitrogens with one attached hydrogen (secondary N) is 1. The van der Waals surface area contributed by atoms with Gasteiger partial charge in [0.25, 0.3) is 5.91 Å². The van der Waals surface area contributed by atoms with Crippen molar-refractivity contribution in [1.82, 2.24) is 9.88 Å². The maximum Gasteiger partial charge on any atom is 0.260 e. The average molecular weight is 492 g/mol. The van der Waals surface area contributed by atoms with Gasteiger partial charge in [0.2, 0.25) is 5.91 Å². The Morgan fingerprint density at radius 2 is 1.91 bits per heavy atom. The first-order valence-corrected chi connectivity index (χ1v) is 13.2. The number of piperidine rings is 1. The van der Waals surface area contributed by atoms with E-state index < -0.39 is 0 Å². The fraction of sp³-hybridized carbons (Fsp3) is 0.435. The Hall–Kier alpha value is -1.90. The molecule has 1 N–H and O–H groups in total. The molecule has 2 amide bonds. The lowest BCUT2D eigenvalue weighted by atomic mass is 9.97. The summed E-state index contributed by atoms with van der Waals surface area (Å²) in [6.45, 7) is 0.996. The summed E-state index contributed by atoms with van der Waals surface area (Å²) in [5.74, 6) is 3.05. The molecule has 0 aliphatic carbocycles. The highest BCUT2D eigenvalue weighted by Crippen LogP contribution is 2.43. The molecule has 0 spiro atoms. The SMILES string of the molecule is O=C(Nc1ccc(Cl)cn1)C1CCCN(C(=O)COc2ccc(C3SCCCS3)cc2)C1. The number of rotatable bonds is 6. The summed E-state index contributed by atoms with van der Waals surface area (Å²) in [5.41, 5.74) is 1.29. The van der Waals surface area contributed by atoms with Crippen LogP contribution in [0.5, 0.6) is 5.75 Å². The zero-order valence-corrected chi connectivity index (χ0v) is 20.1. The molecule has 2 saturated heterocycles. The lowest BCUT2D eigenvalue weighted by Gasteiger charge is -2.32. The molecule has 4 rings (SSSR count). The molecule has 2 aliphatic heterocycles. The Kier molecular flexibility index (Phi) is 8.21. The van der Waals surface area contributed by atoms with E-state index in [-0.39, 0.29) is 24.3 Å². The van der Waals surface area contributed by atoms with Crippen molar-refractivity contribution in [3.63, 3.8) is 0 Å². The van der Waals surface area contributed by atoms with Gasteiger partial charge in [0.15, 0.2) is 6.61 Å². The maximum atomic E-state index is 12.7. The summed E-state index contributed by atoms with van der Waals surface area (Å²) in [6.07, 6.45) is 4.28. The van der Waals surface area contributed by atoms with Crippen LogP contribution in [0.4, 0.5) is 5.82 Å². The quantitative estimate of drug-likeness (QED) is 0.622. The Bertz CT molecular complexity index is 921. The summed E-state index contributed by atoms with van der Waals surface area (Å²) >= 11 is 9.80. The van der Waals surface area contributed by atoms with Gasteiger partial charge < -0.3 is 15.0 Å². The van der Waals surface area contributed by atoms with Crippen molar-refractivity contribution in [3.8, 4) is 5.75 Å². The predicted molar refractivity (Wildman–Crippen MR) is 131 cm³/mol. The smallest absolute Gasteiger partial charge is 0.260 e. The third kappa shape index (κ3) is 6.33. The molecule has 32 heavy (non-hydrogen) atoms. The second-order valence-corrected chi connectivity index (χ2v) is 11.0. The molecular formula is C23H26ClN3O3S2. The van der Waals surface area contributed by atoms with Gasteiger partial charge in [-0.25, -0.2) is 4.98 Å². The number of nitrogens with zero attached hydrogens (tertiary/aromatic N) is 2. The van der Waals surface area contributed by atoms with E-state index in [9.17, 15) is 9.59 Å². The maximum absolute atomic E-state index is 12.7. The number of anilines is 1. The minimum Gasteiger partial charge on any atom is -0.484 e. The van der Waals surface area contributed by atoms with E-state index in [1.807, 2.05) is 35.7 Å². The third-order valence-corrected chi connectivity index (χ3v) is 8.70. The van der Waals surface area contributed by atoms with Crippen LogP contribution < -0.4 is 10.1 Å². The number of halogens is 1. The number of hydrogen-bond acceptors (Lipinski definition) is 6. The topological polar surface area (TPSA) is 71.5 Å². The molecule has 0 saturated carbocycles. The number of pyridine rings is 1. The van der Waals surface area contributed by atoms with Gasteiger partial charge in [-0.15, -0.1) is 23.5 Å². The second-order valence-electron chi connectivity index (χ2n) is 7.81. The highest BCUT2D eigenvalue weighted by molar-refractivity contribution is 8.16. The number of carbonyl (C=O) groups is 2. The molecular weight excluding hydrogens is 466 g/mol. The number of thioether (sulfide) groups is 2. The minimum atomic E-state index is -0.269. The number of hydrogen-bond donors (Lipinski definition) is 1. The molecule has 2 fully saturated rings. The summed E-state index contributed by atoms with van der Waals surface area (Å²) in [4.78, 5) is 31.1. The molecule has 1 aromatic heterocycles. The Morgan fingerprint density at radius 3 is 2.62 bits per heavy atom. The highest BCUT2D eigenvalue weighted by atomic mass is 35.5. The molecule has 2 aliphatic rings. The molecule has 3 heterocycles. The van der Waals surface area contributed by atoms with E-state index in [1.54, 1.807) is 17.0 Å².